The molecule has 1 aliphatic rings. The Morgan fingerprint density at radius 3 is 3.00 bits per heavy atom. The van der Waals surface area contributed by atoms with E-state index in [9.17, 15) is 4.79 Å². The first-order valence-corrected chi connectivity index (χ1v) is 7.29. The van der Waals surface area contributed by atoms with Gasteiger partial charge in [-0.2, -0.15) is 0 Å². The lowest BCUT2D eigenvalue weighted by atomic mass is 10.3. The number of carbonyl (C=O) groups is 1. The Labute approximate surface area is 132 Å². The number of aliphatic imine (C=N–C) groups is 1. The summed E-state index contributed by atoms with van der Waals surface area (Å²) < 4.78 is 0. The number of hydrogen-bond acceptors (Lipinski definition) is 5. The van der Waals surface area contributed by atoms with Crippen LogP contribution in [0.25, 0.3) is 11.2 Å². The molecule has 8 nitrogen and oxygen atoms in total. The van der Waals surface area contributed by atoms with Gasteiger partial charge in [0, 0.05) is 12.7 Å². The molecule has 0 aromatic carbocycles. The van der Waals surface area contributed by atoms with Crippen LogP contribution in [-0.2, 0) is 0 Å². The van der Waals surface area contributed by atoms with E-state index in [1.807, 2.05) is 0 Å². The van der Waals surface area contributed by atoms with Crippen molar-refractivity contribution >= 4 is 28.8 Å². The van der Waals surface area contributed by atoms with Crippen molar-refractivity contribution in [1.82, 2.24) is 20.3 Å². The number of aromatic nitrogens is 3. The number of pyridine rings is 1. The van der Waals surface area contributed by atoms with Crippen molar-refractivity contribution in [3.8, 4) is 0 Å². The summed E-state index contributed by atoms with van der Waals surface area (Å²) in [5.74, 6) is 1.22. The van der Waals surface area contributed by atoms with Crippen LogP contribution < -0.4 is 16.4 Å². The average Bonchev–Trinajstić information content (AvgIpc) is 3.37. The lowest BCUT2D eigenvalue weighted by molar-refractivity contribution is 0.251. The van der Waals surface area contributed by atoms with Crippen molar-refractivity contribution in [1.29, 1.82) is 0 Å². The van der Waals surface area contributed by atoms with Crippen LogP contribution in [-0.4, -0.2) is 33.4 Å². The average molecular weight is 311 g/mol. The van der Waals surface area contributed by atoms with E-state index in [0.717, 1.165) is 0 Å². The lowest BCUT2D eigenvalue weighted by Crippen LogP contribution is -2.30. The molecule has 1 saturated carbocycles. The van der Waals surface area contributed by atoms with Crippen LogP contribution in [0.5, 0.6) is 0 Å². The van der Waals surface area contributed by atoms with Gasteiger partial charge in [-0.25, -0.2) is 19.8 Å². The molecule has 3 rings (SSSR count). The van der Waals surface area contributed by atoms with Crippen molar-refractivity contribution in [2.45, 2.75) is 12.8 Å². The molecule has 8 heteroatoms. The third-order valence-corrected chi connectivity index (χ3v) is 3.39. The zero-order valence-corrected chi connectivity index (χ0v) is 12.5. The predicted octanol–water partition coefficient (Wildman–Crippen LogP) is 1.41. The Morgan fingerprint density at radius 1 is 1.43 bits per heavy atom. The van der Waals surface area contributed by atoms with E-state index in [-0.39, 0.29) is 11.9 Å². The fourth-order valence-corrected chi connectivity index (χ4v) is 1.97. The molecule has 0 unspecified atom stereocenters. The van der Waals surface area contributed by atoms with Gasteiger partial charge < -0.3 is 11.1 Å². The van der Waals surface area contributed by atoms with E-state index in [1.165, 1.54) is 25.2 Å². The zero-order valence-electron chi connectivity index (χ0n) is 12.5. The molecule has 23 heavy (non-hydrogen) atoms. The zero-order chi connectivity index (χ0) is 16.2. The van der Waals surface area contributed by atoms with Gasteiger partial charge in [-0.05, 0) is 30.9 Å². The normalized spacial score (nSPS) is 14.5. The molecule has 0 atom stereocenters. The highest BCUT2D eigenvalue weighted by atomic mass is 16.2. The van der Waals surface area contributed by atoms with E-state index < -0.39 is 0 Å². The minimum Gasteiger partial charge on any atom is -0.382 e. The maximum atomic E-state index is 11.8. The van der Waals surface area contributed by atoms with Gasteiger partial charge >= 0.3 is 6.03 Å². The van der Waals surface area contributed by atoms with Gasteiger partial charge in [0.05, 0.1) is 6.20 Å². The highest BCUT2D eigenvalue weighted by molar-refractivity contribution is 5.97. The van der Waals surface area contributed by atoms with Crippen LogP contribution in [0.2, 0.25) is 0 Å². The van der Waals surface area contributed by atoms with Gasteiger partial charge in [-0.3, -0.25) is 10.3 Å². The maximum Gasteiger partial charge on any atom is 0.320 e. The summed E-state index contributed by atoms with van der Waals surface area (Å²) in [5, 5.41) is 5.50. The second-order valence-corrected chi connectivity index (χ2v) is 5.27. The smallest absolute Gasteiger partial charge is 0.320 e. The summed E-state index contributed by atoms with van der Waals surface area (Å²) in [6.45, 7) is 4.18. The van der Waals surface area contributed by atoms with E-state index in [1.54, 1.807) is 12.1 Å². The number of fused-ring (bicyclic) bond motifs is 1. The van der Waals surface area contributed by atoms with E-state index in [0.29, 0.717) is 35.1 Å². The van der Waals surface area contributed by atoms with Crippen molar-refractivity contribution in [3.05, 3.63) is 36.8 Å². The minimum absolute atomic E-state index is 0.205. The number of urea groups is 1. The Kier molecular flexibility index (Phi) is 4.13. The number of anilines is 1. The second kappa shape index (κ2) is 6.39. The van der Waals surface area contributed by atoms with Crippen molar-refractivity contribution in [3.63, 3.8) is 0 Å². The van der Waals surface area contributed by atoms with Crippen LogP contribution in [0.1, 0.15) is 18.5 Å². The van der Waals surface area contributed by atoms with Crippen LogP contribution in [0.4, 0.5) is 10.6 Å². The predicted molar refractivity (Wildman–Crippen MR) is 88.0 cm³/mol. The summed E-state index contributed by atoms with van der Waals surface area (Å²) >= 11 is 0. The van der Waals surface area contributed by atoms with Gasteiger partial charge in [0.25, 0.3) is 0 Å². The molecule has 2 aromatic heterocycles. The molecule has 2 amide bonds. The third-order valence-electron chi connectivity index (χ3n) is 3.39. The highest BCUT2D eigenvalue weighted by Gasteiger charge is 2.21. The summed E-state index contributed by atoms with van der Waals surface area (Å²) in [5.41, 5.74) is 7.14. The molecule has 0 radical (unpaired) electrons. The number of nitrogens with zero attached hydrogens (tertiary/aromatic N) is 4. The molecule has 2 heterocycles. The summed E-state index contributed by atoms with van der Waals surface area (Å²) in [6, 6.07) is 3.13. The maximum absolute atomic E-state index is 11.8. The largest absolute Gasteiger partial charge is 0.382 e. The van der Waals surface area contributed by atoms with Crippen LogP contribution in [0, 0.1) is 5.92 Å². The summed E-state index contributed by atoms with van der Waals surface area (Å²) in [4.78, 5) is 28.5. The molecule has 0 bridgehead atoms. The Bertz CT molecular complexity index is 782. The molecular weight excluding hydrogens is 294 g/mol. The number of amides is 2. The quantitative estimate of drug-likeness (QED) is 0.570. The minimum atomic E-state index is -0.277. The molecule has 2 aromatic rings. The molecule has 0 aliphatic heterocycles. The topological polar surface area (TPSA) is 118 Å². The lowest BCUT2D eigenvalue weighted by Gasteiger charge is -2.07. The number of hydrogen-bond donors (Lipinski definition) is 3. The molecule has 0 spiro atoms. The van der Waals surface area contributed by atoms with E-state index in [2.05, 4.69) is 37.2 Å². The molecule has 118 valence electrons. The van der Waals surface area contributed by atoms with Crippen LogP contribution >= 0.6 is 0 Å². The van der Waals surface area contributed by atoms with Crippen molar-refractivity contribution in [2.75, 3.05) is 11.9 Å². The molecule has 0 saturated heterocycles. The Morgan fingerprint density at radius 2 is 2.26 bits per heavy atom. The highest BCUT2D eigenvalue weighted by Crippen LogP contribution is 2.27. The molecule has 1 aliphatic carbocycles. The van der Waals surface area contributed by atoms with Crippen molar-refractivity contribution in [2.24, 2.45) is 16.6 Å². The Hall–Kier alpha value is -3.03. The van der Waals surface area contributed by atoms with Gasteiger partial charge in [-0.1, -0.05) is 6.58 Å². The van der Waals surface area contributed by atoms with Gasteiger partial charge in [0.1, 0.15) is 17.0 Å². The van der Waals surface area contributed by atoms with E-state index in [4.69, 9.17) is 5.73 Å². The first kappa shape index (κ1) is 14.9. The molecular formula is C15H17N7O. The molecule has 1 fully saturated rings. The number of nitrogens with one attached hydrogen (secondary N) is 2. The second-order valence-electron chi connectivity index (χ2n) is 5.27. The Balaban J connectivity index is 1.77. The van der Waals surface area contributed by atoms with Gasteiger partial charge in [-0.15, -0.1) is 0 Å². The SMILES string of the molecule is C=CN=C(N)c1cnc2ccc(NC(=O)NCC3CC3)nc2n1. The van der Waals surface area contributed by atoms with Gasteiger partial charge in [0.15, 0.2) is 11.5 Å². The van der Waals surface area contributed by atoms with E-state index >= 15 is 0 Å². The fourth-order valence-electron chi connectivity index (χ4n) is 1.97. The summed E-state index contributed by atoms with van der Waals surface area (Å²) in [7, 11) is 0. The van der Waals surface area contributed by atoms with Crippen molar-refractivity contribution < 1.29 is 4.79 Å². The first-order chi connectivity index (χ1) is 11.2. The number of rotatable bonds is 5. The standard InChI is InChI=1S/C15H17N7O/c1-2-17-13(16)11-8-18-10-5-6-12(21-14(10)20-11)22-15(23)19-7-9-3-4-9/h2,5-6,8-9H,1,3-4,7H2,(H2,16,17)(H2,19,20,21,22,23). The van der Waals surface area contributed by atoms with Crippen LogP contribution in [0.15, 0.2) is 36.1 Å². The first-order valence-electron chi connectivity index (χ1n) is 7.29. The number of amidine groups is 1. The number of carbonyl (C=O) groups excluding carboxylic acids is 1. The van der Waals surface area contributed by atoms with Gasteiger partial charge in [0.2, 0.25) is 0 Å². The summed E-state index contributed by atoms with van der Waals surface area (Å²) in [6.07, 6.45) is 5.21. The monoisotopic (exact) mass is 311 g/mol. The fraction of sp³-hybridized carbons (Fsp3) is 0.267. The number of nitrogens with two attached hydrogens (primary N) is 1. The third kappa shape index (κ3) is 3.79. The van der Waals surface area contributed by atoms with Crippen LogP contribution in [0.3, 0.4) is 0 Å². The molecule has 4 N–H and O–H groups in total.